The highest BCUT2D eigenvalue weighted by Crippen LogP contribution is 2.29. The van der Waals surface area contributed by atoms with Gasteiger partial charge in [-0.25, -0.2) is 9.50 Å². The Morgan fingerprint density at radius 1 is 1.32 bits per heavy atom. The largest absolute Gasteiger partial charge is 0.470 e. The van der Waals surface area contributed by atoms with Crippen molar-refractivity contribution in [3.8, 4) is 17.3 Å². The van der Waals surface area contributed by atoms with E-state index in [1.54, 1.807) is 24.7 Å². The Kier molecular flexibility index (Phi) is 9.24. The zero-order valence-electron chi connectivity index (χ0n) is 17.4. The van der Waals surface area contributed by atoms with Gasteiger partial charge in [0.15, 0.2) is 11.6 Å². The average molecular weight is 473 g/mol. The molecule has 170 valence electrons. The molecule has 4 heterocycles. The van der Waals surface area contributed by atoms with E-state index in [0.29, 0.717) is 18.0 Å². The van der Waals surface area contributed by atoms with Crippen LogP contribution in [0.15, 0.2) is 30.6 Å². The van der Waals surface area contributed by atoms with Crippen LogP contribution in [0.5, 0.6) is 5.88 Å². The summed E-state index contributed by atoms with van der Waals surface area (Å²) >= 11 is 0. The van der Waals surface area contributed by atoms with Crippen LogP contribution in [0.3, 0.4) is 0 Å². The van der Waals surface area contributed by atoms with Crippen LogP contribution in [0.4, 0.5) is 10.2 Å². The number of fused-ring (bicyclic) bond motifs is 1. The molecule has 0 bridgehead atoms. The second-order valence-electron chi connectivity index (χ2n) is 7.18. The highest BCUT2D eigenvalue weighted by Gasteiger charge is 2.23. The van der Waals surface area contributed by atoms with Crippen molar-refractivity contribution in [3.05, 3.63) is 36.4 Å². The number of aromatic nitrogens is 4. The molecule has 0 spiro atoms. The Hall–Kier alpha value is -2.20. The summed E-state index contributed by atoms with van der Waals surface area (Å²) in [5, 5.41) is 10.9. The number of pyridine rings is 1. The third-order valence-corrected chi connectivity index (χ3v) is 4.84. The van der Waals surface area contributed by atoms with Crippen LogP contribution in [-0.4, -0.2) is 58.5 Å². The summed E-state index contributed by atoms with van der Waals surface area (Å²) in [5.74, 6) is -0.197. The first-order valence-electron chi connectivity index (χ1n) is 9.79. The maximum atomic E-state index is 15.2. The van der Waals surface area contributed by atoms with Gasteiger partial charge in [0.25, 0.3) is 5.88 Å². The van der Waals surface area contributed by atoms with Crippen LogP contribution in [-0.2, 0) is 4.74 Å². The molecule has 2 N–H and O–H groups in total. The van der Waals surface area contributed by atoms with Crippen LogP contribution in [0, 0.1) is 5.82 Å². The van der Waals surface area contributed by atoms with Gasteiger partial charge in [-0.2, -0.15) is 14.5 Å². The number of anilines is 1. The minimum atomic E-state index is -0.598. The van der Waals surface area contributed by atoms with Crippen molar-refractivity contribution in [2.75, 3.05) is 32.1 Å². The molecular weight excluding hydrogens is 446 g/mol. The summed E-state index contributed by atoms with van der Waals surface area (Å²) in [4.78, 5) is 8.85. The molecule has 0 saturated carbocycles. The van der Waals surface area contributed by atoms with E-state index in [-0.39, 0.29) is 48.7 Å². The number of methoxy groups -OCH3 is 1. The summed E-state index contributed by atoms with van der Waals surface area (Å²) < 4.78 is 27.7. The molecule has 0 amide bonds. The summed E-state index contributed by atoms with van der Waals surface area (Å²) in [6.07, 6.45) is 5.13. The SMILES string of the molecule is COCC(C)Oc1nc(-c2cnn3ccccc23)nc(N[C@@H]2CCCNC2)c1F.Cl.Cl. The van der Waals surface area contributed by atoms with E-state index in [1.165, 1.54) is 0 Å². The number of nitrogens with zero attached hydrogens (tertiary/aromatic N) is 4. The standard InChI is InChI=1S/C20H25FN6O2.2ClH/c1-13(12-28-2)29-20-17(21)19(24-14-6-5-8-22-10-14)25-18(26-20)15-11-23-27-9-4-3-7-16(15)27;;/h3-4,7,9,11,13-14,22H,5-6,8,10,12H2,1-2H3,(H,24,25,26);2*1H/t13?,14-;;/m1../s1. The van der Waals surface area contributed by atoms with Gasteiger partial charge in [0.1, 0.15) is 6.10 Å². The van der Waals surface area contributed by atoms with Crippen molar-refractivity contribution in [1.29, 1.82) is 0 Å². The predicted octanol–water partition coefficient (Wildman–Crippen LogP) is 3.35. The molecular formula is C20H27Cl2FN6O2. The Balaban J connectivity index is 0.00000171. The summed E-state index contributed by atoms with van der Waals surface area (Å²) in [7, 11) is 1.57. The second kappa shape index (κ2) is 11.4. The molecule has 1 unspecified atom stereocenters. The highest BCUT2D eigenvalue weighted by molar-refractivity contribution is 5.85. The first-order chi connectivity index (χ1) is 14.2. The Bertz CT molecular complexity index is 983. The van der Waals surface area contributed by atoms with Gasteiger partial charge in [0.2, 0.25) is 5.82 Å². The molecule has 8 nitrogen and oxygen atoms in total. The fourth-order valence-electron chi connectivity index (χ4n) is 3.46. The number of hydrogen-bond acceptors (Lipinski definition) is 7. The van der Waals surface area contributed by atoms with Crippen molar-refractivity contribution >= 4 is 36.1 Å². The fourth-order valence-corrected chi connectivity index (χ4v) is 3.46. The minimum Gasteiger partial charge on any atom is -0.470 e. The lowest BCUT2D eigenvalue weighted by Crippen LogP contribution is -2.39. The maximum Gasteiger partial charge on any atom is 0.256 e. The molecule has 11 heteroatoms. The number of hydrogen-bond donors (Lipinski definition) is 2. The van der Waals surface area contributed by atoms with E-state index in [2.05, 4.69) is 25.7 Å². The van der Waals surface area contributed by atoms with Crippen LogP contribution < -0.4 is 15.4 Å². The van der Waals surface area contributed by atoms with E-state index < -0.39 is 5.82 Å². The number of halogens is 3. The fraction of sp³-hybridized carbons (Fsp3) is 0.450. The summed E-state index contributed by atoms with van der Waals surface area (Å²) in [6, 6.07) is 5.81. The van der Waals surface area contributed by atoms with Crippen LogP contribution in [0.2, 0.25) is 0 Å². The zero-order chi connectivity index (χ0) is 20.2. The molecule has 1 saturated heterocycles. The molecule has 2 atom stereocenters. The van der Waals surface area contributed by atoms with Crippen molar-refractivity contribution in [2.45, 2.75) is 31.9 Å². The number of ether oxygens (including phenoxy) is 2. The van der Waals surface area contributed by atoms with Gasteiger partial charge in [-0.05, 0) is 38.4 Å². The summed E-state index contributed by atoms with van der Waals surface area (Å²) in [6.45, 7) is 3.86. The molecule has 1 fully saturated rings. The molecule has 1 aliphatic rings. The Morgan fingerprint density at radius 3 is 2.90 bits per heavy atom. The molecule has 31 heavy (non-hydrogen) atoms. The first-order valence-corrected chi connectivity index (χ1v) is 9.79. The lowest BCUT2D eigenvalue weighted by Gasteiger charge is -2.25. The lowest BCUT2D eigenvalue weighted by molar-refractivity contribution is 0.0859. The van der Waals surface area contributed by atoms with E-state index in [0.717, 1.165) is 31.4 Å². The molecule has 1 aliphatic heterocycles. The predicted molar refractivity (Wildman–Crippen MR) is 122 cm³/mol. The van der Waals surface area contributed by atoms with E-state index in [9.17, 15) is 0 Å². The second-order valence-corrected chi connectivity index (χ2v) is 7.18. The highest BCUT2D eigenvalue weighted by atomic mass is 35.5. The zero-order valence-corrected chi connectivity index (χ0v) is 19.0. The van der Waals surface area contributed by atoms with Crippen LogP contribution in [0.1, 0.15) is 19.8 Å². The van der Waals surface area contributed by atoms with Crippen molar-refractivity contribution < 1.29 is 13.9 Å². The third kappa shape index (κ3) is 5.74. The van der Waals surface area contributed by atoms with Crippen LogP contribution >= 0.6 is 24.8 Å². The Labute approximate surface area is 192 Å². The number of piperidine rings is 1. The van der Waals surface area contributed by atoms with Gasteiger partial charge in [0, 0.05) is 25.9 Å². The van der Waals surface area contributed by atoms with Crippen molar-refractivity contribution in [3.63, 3.8) is 0 Å². The van der Waals surface area contributed by atoms with Gasteiger partial charge in [-0.1, -0.05) is 6.07 Å². The molecule has 0 radical (unpaired) electrons. The van der Waals surface area contributed by atoms with Crippen molar-refractivity contribution in [1.82, 2.24) is 24.9 Å². The van der Waals surface area contributed by atoms with Gasteiger partial charge < -0.3 is 20.1 Å². The van der Waals surface area contributed by atoms with Crippen molar-refractivity contribution in [2.24, 2.45) is 0 Å². The molecule has 3 aromatic heterocycles. The first kappa shape index (κ1) is 25.1. The molecule has 0 aliphatic carbocycles. The van der Waals surface area contributed by atoms with E-state index in [1.807, 2.05) is 24.4 Å². The van der Waals surface area contributed by atoms with Crippen LogP contribution in [0.25, 0.3) is 16.9 Å². The number of nitrogens with one attached hydrogen (secondary N) is 2. The van der Waals surface area contributed by atoms with Gasteiger partial charge >= 0.3 is 0 Å². The molecule has 4 rings (SSSR count). The van der Waals surface area contributed by atoms with Gasteiger partial charge in [0.05, 0.1) is 23.9 Å². The normalized spacial score (nSPS) is 16.8. The minimum absolute atomic E-state index is 0. The topological polar surface area (TPSA) is 85.6 Å². The number of rotatable bonds is 7. The smallest absolute Gasteiger partial charge is 0.256 e. The van der Waals surface area contributed by atoms with Gasteiger partial charge in [-0.15, -0.1) is 24.8 Å². The average Bonchev–Trinajstić information content (AvgIpc) is 3.16. The Morgan fingerprint density at radius 2 is 2.16 bits per heavy atom. The molecule has 3 aromatic rings. The van der Waals surface area contributed by atoms with Gasteiger partial charge in [-0.3, -0.25) is 0 Å². The molecule has 0 aromatic carbocycles. The van der Waals surface area contributed by atoms with E-state index in [4.69, 9.17) is 9.47 Å². The quantitative estimate of drug-likeness (QED) is 0.545. The van der Waals surface area contributed by atoms with E-state index >= 15 is 4.39 Å². The lowest BCUT2D eigenvalue weighted by atomic mass is 10.1. The maximum absolute atomic E-state index is 15.2. The monoisotopic (exact) mass is 472 g/mol. The summed E-state index contributed by atoms with van der Waals surface area (Å²) in [5.41, 5.74) is 1.54. The third-order valence-electron chi connectivity index (χ3n) is 4.84.